The SMILES string of the molecule is CC1(C#N)C(=O)OC(CO)C1O. The highest BCUT2D eigenvalue weighted by Gasteiger charge is 2.54. The highest BCUT2D eigenvalue weighted by atomic mass is 16.6. The summed E-state index contributed by atoms with van der Waals surface area (Å²) in [6, 6.07) is 1.67. The van der Waals surface area contributed by atoms with Gasteiger partial charge in [-0.3, -0.25) is 4.79 Å². The second-order valence-electron chi connectivity index (χ2n) is 2.89. The average Bonchev–Trinajstić information content (AvgIpc) is 2.30. The number of hydrogen-bond donors (Lipinski definition) is 2. The van der Waals surface area contributed by atoms with E-state index in [1.54, 1.807) is 6.07 Å². The molecule has 1 aliphatic heterocycles. The minimum absolute atomic E-state index is 0.468. The minimum atomic E-state index is -1.53. The second-order valence-corrected chi connectivity index (χ2v) is 2.89. The van der Waals surface area contributed by atoms with Gasteiger partial charge in [0.25, 0.3) is 0 Å². The van der Waals surface area contributed by atoms with Gasteiger partial charge >= 0.3 is 5.97 Å². The maximum atomic E-state index is 11.0. The van der Waals surface area contributed by atoms with E-state index in [0.717, 1.165) is 0 Å². The van der Waals surface area contributed by atoms with Crippen molar-refractivity contribution in [2.75, 3.05) is 6.61 Å². The van der Waals surface area contributed by atoms with Crippen LogP contribution < -0.4 is 0 Å². The van der Waals surface area contributed by atoms with E-state index >= 15 is 0 Å². The van der Waals surface area contributed by atoms with Crippen LogP contribution in [0.5, 0.6) is 0 Å². The number of aliphatic hydroxyl groups excluding tert-OH is 2. The van der Waals surface area contributed by atoms with Gasteiger partial charge in [0.2, 0.25) is 0 Å². The number of carbonyl (C=O) groups excluding carboxylic acids is 1. The van der Waals surface area contributed by atoms with Gasteiger partial charge < -0.3 is 14.9 Å². The molecule has 1 heterocycles. The van der Waals surface area contributed by atoms with Crippen molar-refractivity contribution in [1.29, 1.82) is 5.26 Å². The van der Waals surface area contributed by atoms with Crippen molar-refractivity contribution in [2.24, 2.45) is 5.41 Å². The Bertz CT molecular complexity index is 246. The molecule has 1 fully saturated rings. The molecule has 0 aromatic heterocycles. The third kappa shape index (κ3) is 0.967. The highest BCUT2D eigenvalue weighted by Crippen LogP contribution is 2.32. The maximum absolute atomic E-state index is 11.0. The van der Waals surface area contributed by atoms with Gasteiger partial charge in [0.05, 0.1) is 12.7 Å². The van der Waals surface area contributed by atoms with Crippen LogP contribution in [0.25, 0.3) is 0 Å². The van der Waals surface area contributed by atoms with Gasteiger partial charge in [-0.25, -0.2) is 0 Å². The van der Waals surface area contributed by atoms with Crippen molar-refractivity contribution in [3.63, 3.8) is 0 Å². The van der Waals surface area contributed by atoms with Gasteiger partial charge in [0.15, 0.2) is 11.5 Å². The van der Waals surface area contributed by atoms with Gasteiger partial charge in [0, 0.05) is 0 Å². The molecule has 1 rings (SSSR count). The van der Waals surface area contributed by atoms with Crippen molar-refractivity contribution in [2.45, 2.75) is 19.1 Å². The molecule has 3 atom stereocenters. The van der Waals surface area contributed by atoms with Crippen molar-refractivity contribution >= 4 is 5.97 Å². The molecule has 3 unspecified atom stereocenters. The number of ether oxygens (including phenoxy) is 1. The van der Waals surface area contributed by atoms with Gasteiger partial charge in [-0.2, -0.15) is 5.26 Å². The standard InChI is InChI=1S/C7H9NO4/c1-7(3-8)5(10)4(2-9)12-6(7)11/h4-5,9-10H,2H2,1H3. The number of hydrogen-bond acceptors (Lipinski definition) is 5. The highest BCUT2D eigenvalue weighted by molar-refractivity contribution is 5.82. The van der Waals surface area contributed by atoms with E-state index in [9.17, 15) is 9.90 Å². The summed E-state index contributed by atoms with van der Waals surface area (Å²) < 4.78 is 4.57. The Kier molecular flexibility index (Phi) is 2.04. The fraction of sp³-hybridized carbons (Fsp3) is 0.714. The topological polar surface area (TPSA) is 90.6 Å². The summed E-state index contributed by atoms with van der Waals surface area (Å²) >= 11 is 0. The Balaban J connectivity index is 2.93. The molecule has 0 spiro atoms. The zero-order valence-electron chi connectivity index (χ0n) is 6.52. The van der Waals surface area contributed by atoms with E-state index in [4.69, 9.17) is 10.4 Å². The summed E-state index contributed by atoms with van der Waals surface area (Å²) in [5.41, 5.74) is -1.53. The lowest BCUT2D eigenvalue weighted by atomic mass is 9.86. The first kappa shape index (κ1) is 8.97. The molecule has 0 aromatic carbocycles. The number of nitriles is 1. The van der Waals surface area contributed by atoms with Crippen LogP contribution in [-0.2, 0) is 9.53 Å². The van der Waals surface area contributed by atoms with E-state index < -0.39 is 30.2 Å². The van der Waals surface area contributed by atoms with Crippen LogP contribution >= 0.6 is 0 Å². The van der Waals surface area contributed by atoms with E-state index in [1.165, 1.54) is 6.92 Å². The van der Waals surface area contributed by atoms with E-state index in [1.807, 2.05) is 0 Å². The van der Waals surface area contributed by atoms with Crippen LogP contribution in [0.15, 0.2) is 0 Å². The van der Waals surface area contributed by atoms with Crippen molar-refractivity contribution < 1.29 is 19.7 Å². The predicted octanol–water partition coefficient (Wildman–Crippen LogP) is -1.21. The van der Waals surface area contributed by atoms with Gasteiger partial charge in [0.1, 0.15) is 6.10 Å². The monoisotopic (exact) mass is 171 g/mol. The molecule has 0 radical (unpaired) electrons. The third-order valence-electron chi connectivity index (χ3n) is 2.04. The van der Waals surface area contributed by atoms with Crippen LogP contribution in [0.2, 0.25) is 0 Å². The second kappa shape index (κ2) is 2.73. The molecule has 0 amide bonds. The molecule has 5 heteroatoms. The lowest BCUT2D eigenvalue weighted by Crippen LogP contribution is -2.36. The number of nitrogens with zero attached hydrogens (tertiary/aromatic N) is 1. The molecule has 0 aromatic rings. The fourth-order valence-electron chi connectivity index (χ4n) is 1.07. The first-order chi connectivity index (χ1) is 5.56. The van der Waals surface area contributed by atoms with Gasteiger partial charge in [-0.1, -0.05) is 0 Å². The zero-order valence-corrected chi connectivity index (χ0v) is 6.52. The van der Waals surface area contributed by atoms with E-state index in [2.05, 4.69) is 4.74 Å². The van der Waals surface area contributed by atoms with Crippen LogP contribution in [0.3, 0.4) is 0 Å². The first-order valence-electron chi connectivity index (χ1n) is 3.47. The minimum Gasteiger partial charge on any atom is -0.456 e. The van der Waals surface area contributed by atoms with E-state index in [0.29, 0.717) is 0 Å². The largest absolute Gasteiger partial charge is 0.456 e. The summed E-state index contributed by atoms with van der Waals surface area (Å²) in [4.78, 5) is 11.0. The molecule has 2 N–H and O–H groups in total. The van der Waals surface area contributed by atoms with E-state index in [-0.39, 0.29) is 0 Å². The summed E-state index contributed by atoms with van der Waals surface area (Å²) in [6.07, 6.45) is -2.22. The molecule has 0 saturated carbocycles. The third-order valence-corrected chi connectivity index (χ3v) is 2.04. The summed E-state index contributed by atoms with van der Waals surface area (Å²) in [6.45, 7) is 0.819. The smallest absolute Gasteiger partial charge is 0.329 e. The number of esters is 1. The molecule has 66 valence electrons. The summed E-state index contributed by atoms with van der Waals surface area (Å²) in [5.74, 6) is -0.781. The normalized spacial score (nSPS) is 40.7. The molecule has 0 aliphatic carbocycles. The number of carbonyl (C=O) groups is 1. The number of cyclic esters (lactones) is 1. The molecule has 12 heavy (non-hydrogen) atoms. The molecule has 0 bridgehead atoms. The first-order valence-corrected chi connectivity index (χ1v) is 3.47. The Morgan fingerprint density at radius 2 is 2.42 bits per heavy atom. The fourth-order valence-corrected chi connectivity index (χ4v) is 1.07. The van der Waals surface area contributed by atoms with Gasteiger partial charge in [-0.15, -0.1) is 0 Å². The molecule has 1 saturated heterocycles. The van der Waals surface area contributed by atoms with Crippen LogP contribution in [0.1, 0.15) is 6.92 Å². The molecular formula is C7H9NO4. The van der Waals surface area contributed by atoms with Crippen molar-refractivity contribution in [3.05, 3.63) is 0 Å². The molecular weight excluding hydrogens is 162 g/mol. The Hall–Kier alpha value is -1.12. The molecule has 1 aliphatic rings. The van der Waals surface area contributed by atoms with Crippen LogP contribution in [-0.4, -0.2) is 35.0 Å². The molecule has 5 nitrogen and oxygen atoms in total. The van der Waals surface area contributed by atoms with Crippen LogP contribution in [0.4, 0.5) is 0 Å². The maximum Gasteiger partial charge on any atom is 0.329 e. The number of rotatable bonds is 1. The Morgan fingerprint density at radius 3 is 2.67 bits per heavy atom. The van der Waals surface area contributed by atoms with Crippen LogP contribution in [0, 0.1) is 16.7 Å². The van der Waals surface area contributed by atoms with Crippen molar-refractivity contribution in [1.82, 2.24) is 0 Å². The lowest BCUT2D eigenvalue weighted by molar-refractivity contribution is -0.147. The number of aliphatic hydroxyl groups is 2. The van der Waals surface area contributed by atoms with Gasteiger partial charge in [-0.05, 0) is 6.92 Å². The quantitative estimate of drug-likeness (QED) is 0.483. The Labute approximate surface area is 69.2 Å². The summed E-state index contributed by atoms with van der Waals surface area (Å²) in [7, 11) is 0. The van der Waals surface area contributed by atoms with Crippen molar-refractivity contribution in [3.8, 4) is 6.07 Å². The zero-order chi connectivity index (χ0) is 9.35. The Morgan fingerprint density at radius 1 is 1.83 bits per heavy atom. The average molecular weight is 171 g/mol. The summed E-state index contributed by atoms with van der Waals surface area (Å²) in [5, 5.41) is 26.6. The lowest BCUT2D eigenvalue weighted by Gasteiger charge is -2.15. The predicted molar refractivity (Wildman–Crippen MR) is 36.7 cm³/mol.